The number of nitrogens with zero attached hydrogens (tertiary/aromatic N) is 4. The molecule has 1 N–H and O–H groups in total. The minimum Gasteiger partial charge on any atom is -0.352 e. The maximum atomic E-state index is 4.69. The molecule has 22 heavy (non-hydrogen) atoms. The highest BCUT2D eigenvalue weighted by Crippen LogP contribution is 2.23. The van der Waals surface area contributed by atoms with Gasteiger partial charge >= 0.3 is 0 Å². The minimum absolute atomic E-state index is 0.675. The van der Waals surface area contributed by atoms with Crippen molar-refractivity contribution in [1.29, 1.82) is 0 Å². The number of benzene rings is 2. The van der Waals surface area contributed by atoms with E-state index in [0.29, 0.717) is 5.82 Å². The first-order chi connectivity index (χ1) is 10.9. The Morgan fingerprint density at radius 1 is 0.955 bits per heavy atom. The molecule has 5 rings (SSSR count). The zero-order valence-electron chi connectivity index (χ0n) is 11.6. The molecule has 0 unspecified atom stereocenters. The molecule has 0 radical (unpaired) electrons. The molecule has 5 aromatic rings. The van der Waals surface area contributed by atoms with Crippen molar-refractivity contribution in [2.24, 2.45) is 0 Å². The first-order valence-electron chi connectivity index (χ1n) is 7.07. The number of rotatable bonds is 1. The van der Waals surface area contributed by atoms with E-state index in [0.717, 1.165) is 33.1 Å². The van der Waals surface area contributed by atoms with E-state index in [2.05, 4.69) is 32.2 Å². The predicted octanol–water partition coefficient (Wildman–Crippen LogP) is 3.43. The quantitative estimate of drug-likeness (QED) is 0.513. The zero-order chi connectivity index (χ0) is 14.5. The Balaban J connectivity index is 1.79. The highest BCUT2D eigenvalue weighted by Gasteiger charge is 2.11. The molecule has 0 aliphatic rings. The summed E-state index contributed by atoms with van der Waals surface area (Å²) in [4.78, 5) is 12.5. The fraction of sp³-hybridized carbons (Fsp3) is 0. The lowest BCUT2D eigenvalue weighted by Gasteiger charge is -1.96. The molecular weight excluding hydrogens is 274 g/mol. The van der Waals surface area contributed by atoms with Gasteiger partial charge in [-0.05, 0) is 24.3 Å². The average Bonchev–Trinajstić information content (AvgIpc) is 3.18. The standard InChI is InChI=1S/C17H11N5/c1-3-7-13-11(5-1)9-15(19-13)16-20-17-12-6-2-4-8-14(12)18-10-22(17)21-16/h1-10,19H. The van der Waals surface area contributed by atoms with Gasteiger partial charge in [0.25, 0.3) is 0 Å². The Morgan fingerprint density at radius 3 is 2.77 bits per heavy atom. The SMILES string of the molecule is c1ccc2[nH]c(-c3nc4c5ccccc5ncn4n3)cc2c1. The van der Waals surface area contributed by atoms with Gasteiger partial charge in [0.2, 0.25) is 0 Å². The van der Waals surface area contributed by atoms with E-state index in [1.807, 2.05) is 42.5 Å². The summed E-state index contributed by atoms with van der Waals surface area (Å²) in [6.07, 6.45) is 1.71. The van der Waals surface area contributed by atoms with Crippen molar-refractivity contribution in [3.8, 4) is 11.5 Å². The van der Waals surface area contributed by atoms with Gasteiger partial charge in [-0.3, -0.25) is 0 Å². The summed E-state index contributed by atoms with van der Waals surface area (Å²) < 4.78 is 1.73. The van der Waals surface area contributed by atoms with Gasteiger partial charge in [0.05, 0.1) is 11.2 Å². The Morgan fingerprint density at radius 2 is 1.82 bits per heavy atom. The van der Waals surface area contributed by atoms with Crippen molar-refractivity contribution in [1.82, 2.24) is 24.6 Å². The number of nitrogens with one attached hydrogen (secondary N) is 1. The molecule has 0 aliphatic carbocycles. The van der Waals surface area contributed by atoms with E-state index < -0.39 is 0 Å². The van der Waals surface area contributed by atoms with Crippen LogP contribution in [0.15, 0.2) is 60.9 Å². The normalized spacial score (nSPS) is 11.6. The van der Waals surface area contributed by atoms with Crippen LogP contribution in [-0.4, -0.2) is 24.6 Å². The second-order valence-corrected chi connectivity index (χ2v) is 5.24. The summed E-state index contributed by atoms with van der Waals surface area (Å²) in [6.45, 7) is 0. The highest BCUT2D eigenvalue weighted by atomic mass is 15.3. The largest absolute Gasteiger partial charge is 0.352 e. The molecule has 0 spiro atoms. The Labute approximate surface area is 125 Å². The summed E-state index contributed by atoms with van der Waals surface area (Å²) in [5.41, 5.74) is 3.73. The molecule has 0 saturated carbocycles. The number of hydrogen-bond acceptors (Lipinski definition) is 3. The monoisotopic (exact) mass is 285 g/mol. The zero-order valence-corrected chi connectivity index (χ0v) is 11.6. The lowest BCUT2D eigenvalue weighted by atomic mass is 10.2. The van der Waals surface area contributed by atoms with Crippen LogP contribution in [0.1, 0.15) is 0 Å². The lowest BCUT2D eigenvalue weighted by molar-refractivity contribution is 0.936. The van der Waals surface area contributed by atoms with Crippen LogP contribution in [0.4, 0.5) is 0 Å². The van der Waals surface area contributed by atoms with Crippen LogP contribution in [0.2, 0.25) is 0 Å². The number of hydrogen-bond donors (Lipinski definition) is 1. The van der Waals surface area contributed by atoms with Gasteiger partial charge in [0, 0.05) is 16.3 Å². The average molecular weight is 285 g/mol. The number of H-pyrrole nitrogens is 1. The number of aromatic amines is 1. The van der Waals surface area contributed by atoms with E-state index in [1.54, 1.807) is 10.8 Å². The van der Waals surface area contributed by atoms with Crippen molar-refractivity contribution in [3.63, 3.8) is 0 Å². The van der Waals surface area contributed by atoms with Crippen LogP contribution in [-0.2, 0) is 0 Å². The van der Waals surface area contributed by atoms with E-state index in [1.165, 1.54) is 0 Å². The van der Waals surface area contributed by atoms with E-state index in [4.69, 9.17) is 0 Å². The fourth-order valence-corrected chi connectivity index (χ4v) is 2.79. The van der Waals surface area contributed by atoms with Crippen molar-refractivity contribution in [2.75, 3.05) is 0 Å². The third-order valence-corrected chi connectivity index (χ3v) is 3.85. The van der Waals surface area contributed by atoms with Gasteiger partial charge in [-0.2, -0.15) is 0 Å². The van der Waals surface area contributed by atoms with E-state index in [9.17, 15) is 0 Å². The maximum Gasteiger partial charge on any atom is 0.198 e. The van der Waals surface area contributed by atoms with Gasteiger partial charge in [-0.25, -0.2) is 14.5 Å². The predicted molar refractivity (Wildman–Crippen MR) is 85.6 cm³/mol. The van der Waals surface area contributed by atoms with Gasteiger partial charge in [0.15, 0.2) is 11.5 Å². The van der Waals surface area contributed by atoms with E-state index >= 15 is 0 Å². The highest BCUT2D eigenvalue weighted by molar-refractivity contribution is 5.91. The number of fused-ring (bicyclic) bond motifs is 4. The molecule has 0 fully saturated rings. The first kappa shape index (κ1) is 11.4. The molecule has 0 bridgehead atoms. The smallest absolute Gasteiger partial charge is 0.198 e. The summed E-state index contributed by atoms with van der Waals surface area (Å²) >= 11 is 0. The lowest BCUT2D eigenvalue weighted by Crippen LogP contribution is -1.90. The molecule has 104 valence electrons. The van der Waals surface area contributed by atoms with Crippen molar-refractivity contribution in [3.05, 3.63) is 60.9 Å². The Bertz CT molecular complexity index is 1100. The maximum absolute atomic E-state index is 4.69. The molecule has 5 nitrogen and oxygen atoms in total. The number of para-hydroxylation sites is 2. The summed E-state index contributed by atoms with van der Waals surface area (Å²) in [5.74, 6) is 0.675. The van der Waals surface area contributed by atoms with Gasteiger partial charge < -0.3 is 4.98 Å². The molecule has 0 aliphatic heterocycles. The van der Waals surface area contributed by atoms with Gasteiger partial charge in [-0.15, -0.1) is 5.10 Å². The summed E-state index contributed by atoms with van der Waals surface area (Å²) in [6, 6.07) is 18.2. The minimum atomic E-state index is 0.675. The number of aromatic nitrogens is 5. The molecular formula is C17H11N5. The molecule has 0 atom stereocenters. The molecule has 5 heteroatoms. The van der Waals surface area contributed by atoms with Crippen LogP contribution in [0, 0.1) is 0 Å². The Hall–Kier alpha value is -3.21. The summed E-state index contributed by atoms with van der Waals surface area (Å²) in [5, 5.41) is 6.69. The molecule has 0 saturated heterocycles. The van der Waals surface area contributed by atoms with Crippen LogP contribution in [0.3, 0.4) is 0 Å². The van der Waals surface area contributed by atoms with Gasteiger partial charge in [0.1, 0.15) is 6.33 Å². The van der Waals surface area contributed by atoms with Crippen LogP contribution < -0.4 is 0 Å². The molecule has 3 heterocycles. The second-order valence-electron chi connectivity index (χ2n) is 5.24. The second kappa shape index (κ2) is 4.14. The van der Waals surface area contributed by atoms with Gasteiger partial charge in [-0.1, -0.05) is 30.3 Å². The first-order valence-corrected chi connectivity index (χ1v) is 7.07. The third kappa shape index (κ3) is 1.56. The molecule has 0 amide bonds. The third-order valence-electron chi connectivity index (χ3n) is 3.85. The van der Waals surface area contributed by atoms with Crippen LogP contribution >= 0.6 is 0 Å². The van der Waals surface area contributed by atoms with Crippen molar-refractivity contribution < 1.29 is 0 Å². The molecule has 2 aromatic carbocycles. The topological polar surface area (TPSA) is 58.9 Å². The van der Waals surface area contributed by atoms with Crippen LogP contribution in [0.25, 0.3) is 39.0 Å². The van der Waals surface area contributed by atoms with Crippen LogP contribution in [0.5, 0.6) is 0 Å². The Kier molecular flexibility index (Phi) is 2.16. The van der Waals surface area contributed by atoms with E-state index in [-0.39, 0.29) is 0 Å². The van der Waals surface area contributed by atoms with Crippen molar-refractivity contribution in [2.45, 2.75) is 0 Å². The fourth-order valence-electron chi connectivity index (χ4n) is 2.79. The molecule has 3 aromatic heterocycles. The van der Waals surface area contributed by atoms with Crippen molar-refractivity contribution >= 4 is 27.5 Å². The summed E-state index contributed by atoms with van der Waals surface area (Å²) in [7, 11) is 0.